The van der Waals surface area contributed by atoms with Crippen LogP contribution in [0.3, 0.4) is 0 Å². The van der Waals surface area contributed by atoms with Crippen LogP contribution in [0.25, 0.3) is 86.9 Å². The van der Waals surface area contributed by atoms with Crippen LogP contribution in [0.5, 0.6) is 0 Å². The second-order valence-corrected chi connectivity index (χ2v) is 18.2. The summed E-state index contributed by atoms with van der Waals surface area (Å²) in [6.45, 7) is 0. The van der Waals surface area contributed by atoms with Gasteiger partial charge in [-0.05, 0) is 180 Å². The van der Waals surface area contributed by atoms with E-state index in [2.05, 4.69) is 66.8 Å². The molecular weight excluding hydrogens is 645 g/mol. The molecule has 2 nitrogen and oxygen atoms in total. The van der Waals surface area contributed by atoms with Crippen molar-refractivity contribution < 1.29 is 9.53 Å². The van der Waals surface area contributed by atoms with E-state index in [1.807, 2.05) is 0 Å². The fraction of sp³-hybridized carbons (Fsp3) is 0.235. The predicted molar refractivity (Wildman–Crippen MR) is 214 cm³/mol. The van der Waals surface area contributed by atoms with Gasteiger partial charge in [-0.1, -0.05) is 73.2 Å². The molecule has 0 radical (unpaired) electrons. The van der Waals surface area contributed by atoms with Crippen molar-refractivity contribution >= 4 is 92.9 Å². The van der Waals surface area contributed by atoms with E-state index >= 15 is 0 Å². The van der Waals surface area contributed by atoms with Crippen LogP contribution in [0.1, 0.15) is 99.2 Å². The Hall–Kier alpha value is -5.47. The summed E-state index contributed by atoms with van der Waals surface area (Å²) in [6, 6.07) is 16.8. The topological polar surface area (TPSA) is 26.3 Å². The third kappa shape index (κ3) is 2.10. The lowest BCUT2D eigenvalue weighted by Crippen LogP contribution is -2.51. The number of benzene rings is 7. The summed E-state index contributed by atoms with van der Waals surface area (Å²) < 4.78 is 5.18. The quantitative estimate of drug-likeness (QED) is 0.0997. The first-order valence-corrected chi connectivity index (χ1v) is 20.0. The number of carbonyl (C=O) groups is 1. The van der Waals surface area contributed by atoms with Crippen molar-refractivity contribution in [3.8, 4) is 0 Å². The smallest absolute Gasteiger partial charge is 0.305 e. The summed E-state index contributed by atoms with van der Waals surface area (Å²) in [5.41, 5.74) is 23.4. The van der Waals surface area contributed by atoms with Crippen molar-refractivity contribution in [2.24, 2.45) is 5.92 Å². The number of hydrogen-bond donors (Lipinski definition) is 0. The fourth-order valence-corrected chi connectivity index (χ4v) is 15.6. The van der Waals surface area contributed by atoms with Crippen molar-refractivity contribution in [2.75, 3.05) is 7.11 Å². The Morgan fingerprint density at radius 1 is 0.660 bits per heavy atom. The summed E-state index contributed by atoms with van der Waals surface area (Å²) in [4.78, 5) is 12.6. The minimum absolute atomic E-state index is 0.0930. The minimum Gasteiger partial charge on any atom is -0.469 e. The maximum Gasteiger partial charge on any atom is 0.305 e. The molecule has 0 fully saturated rings. The molecule has 0 saturated heterocycles. The Labute approximate surface area is 304 Å². The Morgan fingerprint density at radius 2 is 1.30 bits per heavy atom. The highest BCUT2D eigenvalue weighted by Crippen LogP contribution is 2.77. The number of methoxy groups -OCH3 is 1. The Bertz CT molecular complexity index is 3470. The largest absolute Gasteiger partial charge is 0.469 e. The van der Waals surface area contributed by atoms with Gasteiger partial charge < -0.3 is 4.74 Å². The Balaban J connectivity index is 1.19. The molecular formula is C51H30O2. The van der Waals surface area contributed by atoms with Crippen molar-refractivity contribution in [3.05, 3.63) is 128 Å². The molecule has 2 heteroatoms. The van der Waals surface area contributed by atoms with Gasteiger partial charge in [-0.15, -0.1) is 0 Å². The first-order valence-electron chi connectivity index (χ1n) is 20.0. The van der Waals surface area contributed by atoms with Gasteiger partial charge in [0.15, 0.2) is 0 Å². The molecule has 0 saturated carbocycles. The lowest BCUT2D eigenvalue weighted by atomic mass is 9.47. The maximum absolute atomic E-state index is 12.6. The standard InChI is InChI=1S/C51H30O2/c1-53-29(52)9-5-6-10-51-48-36-26-16-24-14-22-12-20-11-21-13-23-15-25-17-27(19-50(51,18-26)28-7-3-2-4-8-28)37-33(25)41-35(23)39-31(21)30(20)38-34(22)40(32(24)36)44-42(38)43(39)45(41)47(46(44)48)49(37)51/h2-4,7-8,12-15,18-19,22,34H,5-6,9-11,16-17H2,1H3. The van der Waals surface area contributed by atoms with Crippen LogP contribution < -0.4 is 0 Å². The van der Waals surface area contributed by atoms with Crippen LogP contribution in [0.15, 0.2) is 66.8 Å². The molecule has 53 heavy (non-hydrogen) atoms. The molecule has 0 spiro atoms. The number of unbranched alkanes of at least 4 members (excludes halogenated alkanes) is 1. The van der Waals surface area contributed by atoms with Gasteiger partial charge in [-0.3, -0.25) is 4.79 Å². The molecule has 9 aliphatic carbocycles. The summed E-state index contributed by atoms with van der Waals surface area (Å²) in [6.07, 6.45) is 17.5. The van der Waals surface area contributed by atoms with Gasteiger partial charge in [-0.25, -0.2) is 0 Å². The molecule has 8 aromatic carbocycles. The zero-order valence-corrected chi connectivity index (χ0v) is 29.3. The highest BCUT2D eigenvalue weighted by Gasteiger charge is 2.65. The van der Waals surface area contributed by atoms with E-state index in [1.54, 1.807) is 132 Å². The highest BCUT2D eigenvalue weighted by molar-refractivity contribution is 6.53. The summed E-state index contributed by atoms with van der Waals surface area (Å²) in [5.74, 6) is 0.762. The van der Waals surface area contributed by atoms with E-state index < -0.39 is 0 Å². The molecule has 0 heterocycles. The number of allylic oxidation sites excluding steroid dienone is 8. The number of carbonyl (C=O) groups excluding carboxylic acids is 1. The second kappa shape index (κ2) is 7.23. The van der Waals surface area contributed by atoms with Crippen LogP contribution in [0.2, 0.25) is 0 Å². The average Bonchev–Trinajstić information content (AvgIpc) is 4.00. The minimum atomic E-state index is -0.318. The SMILES string of the molecule is COC(=O)CCCCC12c3c4c5c6c7c3c3c1c1c8c9cc%10cc%11c%12c%13c(c7c7c%12c%10c8c37)C6C(C=C5CC4=CC2(c2ccccc2)C=C1C9)C=C%13C%11. The summed E-state index contributed by atoms with van der Waals surface area (Å²) in [5, 5.41) is 19.1. The van der Waals surface area contributed by atoms with Crippen molar-refractivity contribution in [1.82, 2.24) is 0 Å². The number of rotatable bonds is 6. The highest BCUT2D eigenvalue weighted by atomic mass is 16.5. The third-order valence-electron chi connectivity index (χ3n) is 16.7. The number of esters is 1. The maximum atomic E-state index is 12.6. The first-order chi connectivity index (χ1) is 26.1. The van der Waals surface area contributed by atoms with Crippen molar-refractivity contribution in [1.29, 1.82) is 0 Å². The monoisotopic (exact) mass is 674 g/mol. The van der Waals surface area contributed by atoms with Crippen molar-refractivity contribution in [3.63, 3.8) is 0 Å². The van der Waals surface area contributed by atoms with Gasteiger partial charge in [0.05, 0.1) is 7.11 Å². The molecule has 246 valence electrons. The summed E-state index contributed by atoms with van der Waals surface area (Å²) >= 11 is 0. The van der Waals surface area contributed by atoms with E-state index in [-0.39, 0.29) is 16.8 Å². The molecule has 0 aromatic heterocycles. The molecule has 4 atom stereocenters. The second-order valence-electron chi connectivity index (χ2n) is 18.2. The molecule has 4 unspecified atom stereocenters. The zero-order valence-electron chi connectivity index (χ0n) is 29.3. The van der Waals surface area contributed by atoms with Crippen LogP contribution in [-0.2, 0) is 33.2 Å². The molecule has 0 amide bonds. The van der Waals surface area contributed by atoms with Gasteiger partial charge in [0.1, 0.15) is 0 Å². The lowest BCUT2D eigenvalue weighted by molar-refractivity contribution is -0.140. The molecule has 0 aliphatic heterocycles. The third-order valence-corrected chi connectivity index (χ3v) is 16.7. The van der Waals surface area contributed by atoms with Gasteiger partial charge in [0.25, 0.3) is 0 Å². The van der Waals surface area contributed by atoms with Crippen LogP contribution in [-0.4, -0.2) is 13.1 Å². The normalized spacial score (nSPS) is 27.0. The van der Waals surface area contributed by atoms with Crippen molar-refractivity contribution in [2.45, 2.75) is 61.7 Å². The number of hydrogen-bond acceptors (Lipinski definition) is 2. The van der Waals surface area contributed by atoms with Gasteiger partial charge in [-0.2, -0.15) is 0 Å². The fourth-order valence-electron chi connectivity index (χ4n) is 15.6. The number of ether oxygens (including phenoxy) is 1. The molecule has 0 N–H and O–H groups in total. The molecule has 17 rings (SSSR count). The summed E-state index contributed by atoms with van der Waals surface area (Å²) in [7, 11) is 1.53. The van der Waals surface area contributed by atoms with E-state index in [4.69, 9.17) is 4.74 Å². The van der Waals surface area contributed by atoms with Crippen LogP contribution in [0.4, 0.5) is 0 Å². The van der Waals surface area contributed by atoms with Gasteiger partial charge in [0.2, 0.25) is 0 Å². The van der Waals surface area contributed by atoms with Gasteiger partial charge >= 0.3 is 5.97 Å². The van der Waals surface area contributed by atoms with Crippen LogP contribution in [0, 0.1) is 5.92 Å². The average molecular weight is 675 g/mol. The Kier molecular flexibility index (Phi) is 3.48. The zero-order chi connectivity index (χ0) is 33.8. The molecule has 0 bridgehead atoms. The van der Waals surface area contributed by atoms with Gasteiger partial charge in [0, 0.05) is 29.1 Å². The Morgan fingerprint density at radius 3 is 2.11 bits per heavy atom. The van der Waals surface area contributed by atoms with E-state index in [0.29, 0.717) is 18.3 Å². The van der Waals surface area contributed by atoms with E-state index in [1.165, 1.54) is 23.6 Å². The van der Waals surface area contributed by atoms with Crippen LogP contribution >= 0.6 is 0 Å². The van der Waals surface area contributed by atoms with E-state index in [9.17, 15) is 4.79 Å². The lowest BCUT2D eigenvalue weighted by Gasteiger charge is -2.54. The predicted octanol–water partition coefficient (Wildman–Crippen LogP) is 11.4. The molecule has 9 aliphatic rings. The molecule has 8 aromatic rings. The first kappa shape index (κ1) is 25.5. The van der Waals surface area contributed by atoms with E-state index in [0.717, 1.165) is 38.5 Å².